The van der Waals surface area contributed by atoms with Crippen LogP contribution in [0.2, 0.25) is 0 Å². The Bertz CT molecular complexity index is 1420. The summed E-state index contributed by atoms with van der Waals surface area (Å²) in [4.78, 5) is 19.0. The topological polar surface area (TPSA) is 56.6 Å². The average Bonchev–Trinajstić information content (AvgIpc) is 3.32. The number of hydrogen-bond acceptors (Lipinski definition) is 5. The highest BCUT2D eigenvalue weighted by Gasteiger charge is 2.43. The first-order valence-electron chi connectivity index (χ1n) is 13.4. The van der Waals surface area contributed by atoms with E-state index in [0.29, 0.717) is 11.6 Å². The molecule has 188 valence electrons. The Labute approximate surface area is 219 Å². The summed E-state index contributed by atoms with van der Waals surface area (Å²) < 4.78 is 5.55. The van der Waals surface area contributed by atoms with E-state index in [-0.39, 0.29) is 11.2 Å². The first-order valence-corrected chi connectivity index (χ1v) is 13.4. The highest BCUT2D eigenvalue weighted by Crippen LogP contribution is 2.51. The van der Waals surface area contributed by atoms with Crippen LogP contribution in [-0.4, -0.2) is 56.1 Å². The predicted molar refractivity (Wildman–Crippen MR) is 146 cm³/mol. The standard InChI is InChI=1S/C32H33N3O2/c1-4-5-22-17-26-27(19-29(22)35-10-8-24(9-11-35)34-12-14-37-15-13-34)32(2,3)28-18-23-16-21(20-33)6-7-25(23)30(28)31(26)36/h6-7,16-17,19,24H,8-15,18H2,1-3H3. The molecule has 5 heteroatoms. The fourth-order valence-electron chi connectivity index (χ4n) is 6.79. The van der Waals surface area contributed by atoms with Gasteiger partial charge in [-0.3, -0.25) is 9.69 Å². The van der Waals surface area contributed by atoms with Crippen molar-refractivity contribution < 1.29 is 9.53 Å². The average molecular weight is 492 g/mol. The quantitative estimate of drug-likeness (QED) is 0.570. The summed E-state index contributed by atoms with van der Waals surface area (Å²) in [6.45, 7) is 12.1. The van der Waals surface area contributed by atoms with E-state index >= 15 is 0 Å². The molecule has 2 aliphatic heterocycles. The number of benzene rings is 2. The van der Waals surface area contributed by atoms with E-state index in [9.17, 15) is 10.1 Å². The smallest absolute Gasteiger partial charge is 0.193 e. The molecule has 0 spiro atoms. The monoisotopic (exact) mass is 491 g/mol. The van der Waals surface area contributed by atoms with Gasteiger partial charge in [-0.05, 0) is 72.7 Å². The molecule has 0 atom stereocenters. The lowest BCUT2D eigenvalue weighted by atomic mass is 9.68. The lowest BCUT2D eigenvalue weighted by molar-refractivity contribution is 0.0115. The minimum atomic E-state index is -0.288. The second-order valence-corrected chi connectivity index (χ2v) is 11.1. The number of ether oxygens (including phenoxy) is 1. The van der Waals surface area contributed by atoms with Crippen molar-refractivity contribution in [3.8, 4) is 17.9 Å². The lowest BCUT2D eigenvalue weighted by Gasteiger charge is -2.42. The summed E-state index contributed by atoms with van der Waals surface area (Å²) in [6.07, 6.45) is 2.98. The van der Waals surface area contributed by atoms with Crippen molar-refractivity contribution in [2.24, 2.45) is 0 Å². The van der Waals surface area contributed by atoms with Crippen molar-refractivity contribution in [1.82, 2.24) is 4.90 Å². The molecule has 0 bridgehead atoms. The molecule has 2 saturated heterocycles. The third-order valence-electron chi connectivity index (χ3n) is 8.83. The first-order chi connectivity index (χ1) is 17.9. The summed E-state index contributed by atoms with van der Waals surface area (Å²) in [7, 11) is 0. The zero-order valence-electron chi connectivity index (χ0n) is 22.0. The molecule has 0 radical (unpaired) electrons. The van der Waals surface area contributed by atoms with Gasteiger partial charge in [0.2, 0.25) is 0 Å². The van der Waals surface area contributed by atoms with E-state index < -0.39 is 0 Å². The number of nitriles is 1. The number of ketones is 1. The Morgan fingerprint density at radius 3 is 2.49 bits per heavy atom. The predicted octanol–water partition coefficient (Wildman–Crippen LogP) is 4.71. The molecular weight excluding hydrogens is 458 g/mol. The molecule has 0 saturated carbocycles. The number of carbonyl (C=O) groups is 1. The van der Waals surface area contributed by atoms with Gasteiger partial charge in [-0.25, -0.2) is 0 Å². The van der Waals surface area contributed by atoms with E-state index in [1.165, 1.54) is 5.57 Å². The zero-order chi connectivity index (χ0) is 25.7. The molecule has 4 aliphatic rings. The molecule has 6 rings (SSSR count). The number of fused-ring (bicyclic) bond motifs is 3. The minimum absolute atomic E-state index is 0.0875. The number of carbonyl (C=O) groups excluding carboxylic acids is 1. The van der Waals surface area contributed by atoms with Crippen molar-refractivity contribution >= 4 is 17.0 Å². The summed E-state index contributed by atoms with van der Waals surface area (Å²) in [5.41, 5.74) is 8.37. The van der Waals surface area contributed by atoms with Gasteiger partial charge in [0.15, 0.2) is 5.78 Å². The van der Waals surface area contributed by atoms with Gasteiger partial charge in [-0.15, -0.1) is 5.92 Å². The number of nitrogens with zero attached hydrogens (tertiary/aromatic N) is 3. The van der Waals surface area contributed by atoms with Crippen molar-refractivity contribution in [2.45, 2.75) is 51.5 Å². The minimum Gasteiger partial charge on any atom is -0.379 e. The molecule has 37 heavy (non-hydrogen) atoms. The number of Topliss-reactive ketones (excluding diaryl/α,β-unsaturated/α-hetero) is 1. The second kappa shape index (κ2) is 9.18. The van der Waals surface area contributed by atoms with Gasteiger partial charge < -0.3 is 9.64 Å². The number of rotatable bonds is 2. The number of hydrogen-bond donors (Lipinski definition) is 0. The van der Waals surface area contributed by atoms with Crippen molar-refractivity contribution in [3.05, 3.63) is 69.3 Å². The third-order valence-corrected chi connectivity index (χ3v) is 8.83. The van der Waals surface area contributed by atoms with E-state index in [1.54, 1.807) is 0 Å². The summed E-state index contributed by atoms with van der Waals surface area (Å²) in [6, 6.07) is 12.9. The Morgan fingerprint density at radius 2 is 1.78 bits per heavy atom. The van der Waals surface area contributed by atoms with Crippen LogP contribution in [0.1, 0.15) is 71.8 Å². The van der Waals surface area contributed by atoms with E-state index in [2.05, 4.69) is 47.6 Å². The highest BCUT2D eigenvalue weighted by molar-refractivity contribution is 6.33. The summed E-state index contributed by atoms with van der Waals surface area (Å²) in [5, 5.41) is 9.39. The van der Waals surface area contributed by atoms with Gasteiger partial charge in [-0.1, -0.05) is 25.8 Å². The van der Waals surface area contributed by atoms with Gasteiger partial charge in [0.05, 0.1) is 30.5 Å². The van der Waals surface area contributed by atoms with Crippen LogP contribution in [0.3, 0.4) is 0 Å². The van der Waals surface area contributed by atoms with Crippen molar-refractivity contribution in [1.29, 1.82) is 5.26 Å². The molecule has 2 heterocycles. The Hall–Kier alpha value is -3.38. The molecule has 0 aromatic heterocycles. The van der Waals surface area contributed by atoms with E-state index in [1.807, 2.05) is 31.2 Å². The lowest BCUT2D eigenvalue weighted by Crippen LogP contribution is -2.49. The number of piperidine rings is 1. The second-order valence-electron chi connectivity index (χ2n) is 11.1. The maximum absolute atomic E-state index is 14.0. The van der Waals surface area contributed by atoms with Gasteiger partial charge in [0.1, 0.15) is 0 Å². The van der Waals surface area contributed by atoms with Crippen molar-refractivity contribution in [3.63, 3.8) is 0 Å². The van der Waals surface area contributed by atoms with Crippen LogP contribution in [0.5, 0.6) is 0 Å². The van der Waals surface area contributed by atoms with Gasteiger partial charge in [0.25, 0.3) is 0 Å². The maximum atomic E-state index is 14.0. The van der Waals surface area contributed by atoms with Crippen LogP contribution in [0.4, 0.5) is 5.69 Å². The van der Waals surface area contributed by atoms with E-state index in [4.69, 9.17) is 4.74 Å². The maximum Gasteiger partial charge on any atom is 0.193 e. The fourth-order valence-corrected chi connectivity index (χ4v) is 6.79. The van der Waals surface area contributed by atoms with Crippen LogP contribution in [0.25, 0.3) is 5.57 Å². The number of morpholine rings is 1. The van der Waals surface area contributed by atoms with Gasteiger partial charge in [0, 0.05) is 54.3 Å². The summed E-state index contributed by atoms with van der Waals surface area (Å²) >= 11 is 0. The molecule has 0 unspecified atom stereocenters. The Morgan fingerprint density at radius 1 is 1.03 bits per heavy atom. The largest absolute Gasteiger partial charge is 0.379 e. The first kappa shape index (κ1) is 24.0. The Balaban J connectivity index is 1.36. The molecule has 2 aliphatic carbocycles. The molecule has 2 aromatic carbocycles. The number of anilines is 1. The number of allylic oxidation sites excluding steroid dienone is 2. The molecule has 0 N–H and O–H groups in total. The SMILES string of the molecule is CC#Cc1cc2c(cc1N1CCC(N3CCOCC3)CC1)C(C)(C)C1=C(C2=O)c2ccc(C#N)cc2C1. The fraction of sp³-hybridized carbons (Fsp3) is 0.438. The third kappa shape index (κ3) is 3.89. The van der Waals surface area contributed by atoms with Crippen LogP contribution in [-0.2, 0) is 16.6 Å². The molecular formula is C32H33N3O2. The van der Waals surface area contributed by atoms with Crippen LogP contribution >= 0.6 is 0 Å². The molecule has 2 aromatic rings. The molecule has 0 amide bonds. The highest BCUT2D eigenvalue weighted by atomic mass is 16.5. The van der Waals surface area contributed by atoms with E-state index in [0.717, 1.165) is 97.7 Å². The van der Waals surface area contributed by atoms with Crippen LogP contribution < -0.4 is 4.90 Å². The van der Waals surface area contributed by atoms with Crippen LogP contribution in [0.15, 0.2) is 35.9 Å². The summed E-state index contributed by atoms with van der Waals surface area (Å²) in [5.74, 6) is 6.49. The normalized spacial score (nSPS) is 21.0. The van der Waals surface area contributed by atoms with Gasteiger partial charge in [-0.2, -0.15) is 5.26 Å². The van der Waals surface area contributed by atoms with Crippen molar-refractivity contribution in [2.75, 3.05) is 44.3 Å². The Kier molecular flexibility index (Phi) is 5.95. The zero-order valence-corrected chi connectivity index (χ0v) is 22.0. The molecule has 5 nitrogen and oxygen atoms in total. The van der Waals surface area contributed by atoms with Gasteiger partial charge >= 0.3 is 0 Å². The van der Waals surface area contributed by atoms with Crippen LogP contribution in [0, 0.1) is 23.2 Å². The molecule has 2 fully saturated rings.